The Balaban J connectivity index is 2.03. The van der Waals surface area contributed by atoms with E-state index in [1.165, 1.54) is 0 Å². The topological polar surface area (TPSA) is 87.3 Å². The Bertz CT molecular complexity index is 478. The summed E-state index contributed by atoms with van der Waals surface area (Å²) in [5, 5.41) is 5.62. The van der Waals surface area contributed by atoms with Gasteiger partial charge in [-0.1, -0.05) is 0 Å². The van der Waals surface area contributed by atoms with Gasteiger partial charge in [0.15, 0.2) is 6.29 Å². The monoisotopic (exact) mass is 327 g/mol. The molecule has 0 radical (unpaired) electrons. The fourth-order valence-corrected chi connectivity index (χ4v) is 2.96. The standard InChI is InChI=1S/C15H25N3O3S/c1-15(2,22(16)19)10-12(13-11-17-6-7-18-13)4-5-14-20-8-3-9-21-14/h6-7,11-12,14H,3-5,8-10,16H2,1-2H3/t12-,22?/m0/s1. The maximum atomic E-state index is 11.7. The quantitative estimate of drug-likeness (QED) is 0.826. The molecule has 1 aromatic rings. The average molecular weight is 327 g/mol. The van der Waals surface area contributed by atoms with Crippen LogP contribution in [0.3, 0.4) is 0 Å². The van der Waals surface area contributed by atoms with Gasteiger partial charge in [0.05, 0.1) is 34.6 Å². The Kier molecular flexibility index (Phi) is 6.43. The van der Waals surface area contributed by atoms with Crippen molar-refractivity contribution < 1.29 is 13.7 Å². The van der Waals surface area contributed by atoms with Crippen LogP contribution in [-0.2, 0) is 20.5 Å². The Labute approximate surface area is 134 Å². The summed E-state index contributed by atoms with van der Waals surface area (Å²) in [7, 11) is -1.39. The first kappa shape index (κ1) is 17.5. The highest BCUT2D eigenvalue weighted by atomic mass is 32.2. The van der Waals surface area contributed by atoms with Gasteiger partial charge >= 0.3 is 0 Å². The van der Waals surface area contributed by atoms with E-state index >= 15 is 0 Å². The summed E-state index contributed by atoms with van der Waals surface area (Å²) in [5.41, 5.74) is 0.900. The minimum absolute atomic E-state index is 0.130. The van der Waals surface area contributed by atoms with Gasteiger partial charge in [0.2, 0.25) is 0 Å². The molecule has 1 saturated heterocycles. The van der Waals surface area contributed by atoms with Crippen molar-refractivity contribution in [2.24, 2.45) is 5.14 Å². The highest BCUT2D eigenvalue weighted by Gasteiger charge is 2.30. The van der Waals surface area contributed by atoms with Gasteiger partial charge in [0, 0.05) is 24.5 Å². The van der Waals surface area contributed by atoms with Crippen LogP contribution in [-0.4, -0.2) is 38.4 Å². The fraction of sp³-hybridized carbons (Fsp3) is 0.733. The fourth-order valence-electron chi connectivity index (χ4n) is 2.59. The average Bonchev–Trinajstić information content (AvgIpc) is 2.53. The van der Waals surface area contributed by atoms with Gasteiger partial charge in [-0.15, -0.1) is 0 Å². The van der Waals surface area contributed by atoms with Crippen LogP contribution in [0.2, 0.25) is 0 Å². The van der Waals surface area contributed by atoms with Gasteiger partial charge in [-0.05, 0) is 39.5 Å². The predicted molar refractivity (Wildman–Crippen MR) is 85.3 cm³/mol. The third kappa shape index (κ3) is 5.08. The number of aromatic nitrogens is 2. The second kappa shape index (κ2) is 8.10. The molecule has 0 amide bonds. The van der Waals surface area contributed by atoms with E-state index in [4.69, 9.17) is 14.6 Å². The van der Waals surface area contributed by atoms with E-state index < -0.39 is 15.7 Å². The van der Waals surface area contributed by atoms with Crippen LogP contribution < -0.4 is 5.14 Å². The third-order valence-electron chi connectivity index (χ3n) is 3.93. The highest BCUT2D eigenvalue weighted by Crippen LogP contribution is 2.32. The predicted octanol–water partition coefficient (Wildman–Crippen LogP) is 1.89. The molecule has 0 aliphatic carbocycles. The smallest absolute Gasteiger partial charge is 0.157 e. The molecule has 0 saturated carbocycles. The van der Waals surface area contributed by atoms with Crippen LogP contribution >= 0.6 is 0 Å². The highest BCUT2D eigenvalue weighted by molar-refractivity contribution is 7.84. The molecule has 2 atom stereocenters. The molecule has 1 aromatic heterocycles. The lowest BCUT2D eigenvalue weighted by Gasteiger charge is -2.29. The molecule has 124 valence electrons. The summed E-state index contributed by atoms with van der Waals surface area (Å²) in [6.45, 7) is 5.33. The molecule has 2 rings (SSSR count). The van der Waals surface area contributed by atoms with Crippen LogP contribution in [0.1, 0.15) is 51.1 Å². The molecular weight excluding hydrogens is 302 g/mol. The van der Waals surface area contributed by atoms with E-state index in [2.05, 4.69) is 9.97 Å². The number of hydrogen-bond acceptors (Lipinski definition) is 5. The van der Waals surface area contributed by atoms with Crippen LogP contribution in [0.25, 0.3) is 0 Å². The molecule has 1 aliphatic rings. The molecule has 0 spiro atoms. The zero-order valence-corrected chi connectivity index (χ0v) is 14.1. The van der Waals surface area contributed by atoms with Gasteiger partial charge in [-0.2, -0.15) is 0 Å². The summed E-state index contributed by atoms with van der Waals surface area (Å²) in [5.74, 6) is 0.130. The molecule has 2 heterocycles. The van der Waals surface area contributed by atoms with E-state index in [0.29, 0.717) is 6.42 Å². The first-order valence-corrected chi connectivity index (χ1v) is 8.86. The first-order valence-electron chi connectivity index (χ1n) is 7.64. The maximum Gasteiger partial charge on any atom is 0.157 e. The molecule has 7 heteroatoms. The van der Waals surface area contributed by atoms with Gasteiger partial charge in [-0.3, -0.25) is 15.1 Å². The Morgan fingerprint density at radius 2 is 2.14 bits per heavy atom. The van der Waals surface area contributed by atoms with Crippen molar-refractivity contribution >= 4 is 11.0 Å². The number of nitrogens with zero attached hydrogens (tertiary/aromatic N) is 2. The maximum absolute atomic E-state index is 11.7. The summed E-state index contributed by atoms with van der Waals surface area (Å²) in [4.78, 5) is 8.55. The van der Waals surface area contributed by atoms with E-state index in [1.54, 1.807) is 18.6 Å². The number of nitrogens with two attached hydrogens (primary N) is 1. The number of rotatable bonds is 7. The normalized spacial score (nSPS) is 19.8. The van der Waals surface area contributed by atoms with Crippen molar-refractivity contribution in [3.63, 3.8) is 0 Å². The second-order valence-corrected chi connectivity index (χ2v) is 7.89. The zero-order chi connectivity index (χ0) is 16.0. The SMILES string of the molecule is CC(C)(C[C@H](CCC1OCCCO1)c1cnccn1)S(N)=O. The van der Waals surface area contributed by atoms with E-state index in [1.807, 2.05) is 13.8 Å². The number of ether oxygens (including phenoxy) is 2. The summed E-state index contributed by atoms with van der Waals surface area (Å²) in [6, 6.07) is 0. The van der Waals surface area contributed by atoms with Crippen molar-refractivity contribution in [3.05, 3.63) is 24.3 Å². The zero-order valence-electron chi connectivity index (χ0n) is 13.2. The molecule has 1 aliphatic heterocycles. The summed E-state index contributed by atoms with van der Waals surface area (Å²) in [6.07, 6.45) is 8.20. The van der Waals surface area contributed by atoms with Crippen molar-refractivity contribution in [1.82, 2.24) is 9.97 Å². The van der Waals surface area contributed by atoms with Crippen molar-refractivity contribution in [1.29, 1.82) is 0 Å². The molecule has 1 fully saturated rings. The van der Waals surface area contributed by atoms with Crippen LogP contribution in [0.4, 0.5) is 0 Å². The molecule has 0 bridgehead atoms. The molecule has 6 nitrogen and oxygen atoms in total. The summed E-state index contributed by atoms with van der Waals surface area (Å²) >= 11 is 0. The van der Waals surface area contributed by atoms with E-state index in [-0.39, 0.29) is 12.2 Å². The minimum atomic E-state index is -1.39. The molecule has 2 N–H and O–H groups in total. The van der Waals surface area contributed by atoms with Gasteiger partial charge in [0.25, 0.3) is 0 Å². The van der Waals surface area contributed by atoms with Gasteiger partial charge in [0.1, 0.15) is 0 Å². The van der Waals surface area contributed by atoms with Crippen molar-refractivity contribution in [2.75, 3.05) is 13.2 Å². The Morgan fingerprint density at radius 3 is 2.73 bits per heavy atom. The van der Waals surface area contributed by atoms with Gasteiger partial charge < -0.3 is 9.47 Å². The van der Waals surface area contributed by atoms with Crippen molar-refractivity contribution in [3.8, 4) is 0 Å². The second-order valence-electron chi connectivity index (χ2n) is 6.19. The Hall–Kier alpha value is -0.890. The van der Waals surface area contributed by atoms with Crippen LogP contribution in [0.15, 0.2) is 18.6 Å². The van der Waals surface area contributed by atoms with Gasteiger partial charge in [-0.25, -0.2) is 4.21 Å². The molecular formula is C15H25N3O3S. The molecule has 0 aromatic carbocycles. The Morgan fingerprint density at radius 1 is 1.41 bits per heavy atom. The summed E-state index contributed by atoms with van der Waals surface area (Å²) < 4.78 is 22.5. The first-order chi connectivity index (χ1) is 10.5. The minimum Gasteiger partial charge on any atom is -0.353 e. The number of hydrogen-bond donors (Lipinski definition) is 1. The lowest BCUT2D eigenvalue weighted by Crippen LogP contribution is -2.34. The van der Waals surface area contributed by atoms with E-state index in [9.17, 15) is 4.21 Å². The third-order valence-corrected chi connectivity index (χ3v) is 5.19. The van der Waals surface area contributed by atoms with Crippen molar-refractivity contribution in [2.45, 2.75) is 56.5 Å². The van der Waals surface area contributed by atoms with Crippen LogP contribution in [0, 0.1) is 0 Å². The lowest BCUT2D eigenvalue weighted by molar-refractivity contribution is -0.182. The van der Waals surface area contributed by atoms with Crippen LogP contribution in [0.5, 0.6) is 0 Å². The molecule has 22 heavy (non-hydrogen) atoms. The molecule has 1 unspecified atom stereocenters. The lowest BCUT2D eigenvalue weighted by atomic mass is 9.89. The largest absolute Gasteiger partial charge is 0.353 e. The van der Waals surface area contributed by atoms with E-state index in [0.717, 1.165) is 38.2 Å².